The van der Waals surface area contributed by atoms with Crippen LogP contribution in [0.4, 0.5) is 0 Å². The van der Waals surface area contributed by atoms with Crippen molar-refractivity contribution in [1.29, 1.82) is 0 Å². The lowest BCUT2D eigenvalue weighted by Crippen LogP contribution is -2.36. The summed E-state index contributed by atoms with van der Waals surface area (Å²) in [5.74, 6) is 0. The van der Waals surface area contributed by atoms with Crippen molar-refractivity contribution < 1.29 is 13.2 Å². The molecule has 6 heteroatoms. The van der Waals surface area contributed by atoms with E-state index in [1.165, 1.54) is 14.1 Å². The predicted molar refractivity (Wildman–Crippen MR) is 41.3 cm³/mol. The van der Waals surface area contributed by atoms with Crippen LogP contribution in [0.25, 0.3) is 0 Å². The molecule has 0 aromatic heterocycles. The standard InChI is InChI=1S/C5H12N2O3S/c1-7(2)11(9,10)6-4-3-5-8/h5-6H,3-4H2,1-2H3. The summed E-state index contributed by atoms with van der Waals surface area (Å²) in [5, 5.41) is 0. The summed E-state index contributed by atoms with van der Waals surface area (Å²) in [7, 11) is -0.506. The van der Waals surface area contributed by atoms with E-state index in [4.69, 9.17) is 0 Å². The molecule has 0 aliphatic carbocycles. The number of carbonyl (C=O) groups excluding carboxylic acids is 1. The molecule has 0 aliphatic rings. The number of hydrogen-bond donors (Lipinski definition) is 1. The van der Waals surface area contributed by atoms with Crippen molar-refractivity contribution in [2.24, 2.45) is 0 Å². The van der Waals surface area contributed by atoms with Crippen molar-refractivity contribution in [2.45, 2.75) is 6.42 Å². The number of nitrogens with one attached hydrogen (secondary N) is 1. The second-order valence-electron chi connectivity index (χ2n) is 2.14. The second kappa shape index (κ2) is 4.42. The first-order valence-corrected chi connectivity index (χ1v) is 4.55. The van der Waals surface area contributed by atoms with Crippen molar-refractivity contribution in [1.82, 2.24) is 9.03 Å². The molecule has 66 valence electrons. The highest BCUT2D eigenvalue weighted by Gasteiger charge is 2.10. The Hall–Kier alpha value is -0.460. The van der Waals surface area contributed by atoms with Gasteiger partial charge in [0.25, 0.3) is 10.2 Å². The Labute approximate surface area is 66.6 Å². The van der Waals surface area contributed by atoms with Gasteiger partial charge in [0.1, 0.15) is 6.29 Å². The maximum absolute atomic E-state index is 10.9. The van der Waals surface area contributed by atoms with Gasteiger partial charge in [0.15, 0.2) is 0 Å². The molecule has 0 saturated carbocycles. The second-order valence-corrected chi connectivity index (χ2v) is 4.11. The molecule has 0 amide bonds. The van der Waals surface area contributed by atoms with E-state index in [0.717, 1.165) is 4.31 Å². The molecular weight excluding hydrogens is 168 g/mol. The molecule has 0 aromatic carbocycles. The van der Waals surface area contributed by atoms with E-state index in [2.05, 4.69) is 4.72 Å². The molecule has 0 aromatic rings. The molecule has 0 rings (SSSR count). The molecule has 0 radical (unpaired) electrons. The van der Waals surface area contributed by atoms with Crippen molar-refractivity contribution in [2.75, 3.05) is 20.6 Å². The molecule has 0 bridgehead atoms. The number of rotatable bonds is 5. The predicted octanol–water partition coefficient (Wildman–Crippen LogP) is -1.03. The van der Waals surface area contributed by atoms with Crippen LogP contribution in [-0.2, 0) is 15.0 Å². The van der Waals surface area contributed by atoms with Crippen molar-refractivity contribution in [3.8, 4) is 0 Å². The molecule has 0 heterocycles. The van der Waals surface area contributed by atoms with Crippen LogP contribution in [0.1, 0.15) is 6.42 Å². The van der Waals surface area contributed by atoms with Gasteiger partial charge in [-0.2, -0.15) is 12.7 Å². The smallest absolute Gasteiger partial charge is 0.278 e. The highest BCUT2D eigenvalue weighted by molar-refractivity contribution is 7.87. The first-order valence-electron chi connectivity index (χ1n) is 3.11. The summed E-state index contributed by atoms with van der Waals surface area (Å²) < 4.78 is 25.1. The zero-order valence-corrected chi connectivity index (χ0v) is 7.39. The number of aldehydes is 1. The Morgan fingerprint density at radius 1 is 1.45 bits per heavy atom. The van der Waals surface area contributed by atoms with Crippen molar-refractivity contribution in [3.05, 3.63) is 0 Å². The number of hydrogen-bond acceptors (Lipinski definition) is 3. The molecular formula is C5H12N2O3S. The molecule has 0 fully saturated rings. The fraction of sp³-hybridized carbons (Fsp3) is 0.800. The fourth-order valence-corrected chi connectivity index (χ4v) is 1.01. The van der Waals surface area contributed by atoms with Crippen LogP contribution in [0.3, 0.4) is 0 Å². The lowest BCUT2D eigenvalue weighted by Gasteiger charge is -2.10. The van der Waals surface area contributed by atoms with Crippen LogP contribution in [0.2, 0.25) is 0 Å². The van der Waals surface area contributed by atoms with Gasteiger partial charge >= 0.3 is 0 Å². The van der Waals surface area contributed by atoms with E-state index >= 15 is 0 Å². The van der Waals surface area contributed by atoms with Crippen LogP contribution in [-0.4, -0.2) is 39.6 Å². The Morgan fingerprint density at radius 2 is 2.00 bits per heavy atom. The molecule has 0 aliphatic heterocycles. The minimum absolute atomic E-state index is 0.157. The number of nitrogens with zero attached hydrogens (tertiary/aromatic N) is 1. The van der Waals surface area contributed by atoms with Gasteiger partial charge in [-0.25, -0.2) is 4.72 Å². The molecule has 0 saturated heterocycles. The Morgan fingerprint density at radius 3 is 2.36 bits per heavy atom. The van der Waals surface area contributed by atoms with E-state index in [1.807, 2.05) is 0 Å². The minimum Gasteiger partial charge on any atom is -0.303 e. The van der Waals surface area contributed by atoms with Gasteiger partial charge < -0.3 is 4.79 Å². The van der Waals surface area contributed by atoms with Gasteiger partial charge in [0, 0.05) is 27.1 Å². The van der Waals surface area contributed by atoms with Gasteiger partial charge in [-0.05, 0) is 0 Å². The summed E-state index contributed by atoms with van der Waals surface area (Å²) in [5.41, 5.74) is 0. The van der Waals surface area contributed by atoms with E-state index < -0.39 is 10.2 Å². The Kier molecular flexibility index (Phi) is 4.24. The highest BCUT2D eigenvalue weighted by atomic mass is 32.2. The normalized spacial score (nSPS) is 11.9. The third-order valence-corrected chi connectivity index (χ3v) is 2.56. The third-order valence-electron chi connectivity index (χ3n) is 1.03. The molecule has 0 spiro atoms. The van der Waals surface area contributed by atoms with E-state index in [1.54, 1.807) is 0 Å². The zero-order chi connectivity index (χ0) is 8.91. The van der Waals surface area contributed by atoms with Crippen molar-refractivity contribution >= 4 is 16.5 Å². The highest BCUT2D eigenvalue weighted by Crippen LogP contribution is 1.86. The van der Waals surface area contributed by atoms with Gasteiger partial charge in [-0.3, -0.25) is 0 Å². The minimum atomic E-state index is -3.35. The average molecular weight is 180 g/mol. The van der Waals surface area contributed by atoms with Gasteiger partial charge in [-0.1, -0.05) is 0 Å². The van der Waals surface area contributed by atoms with Crippen molar-refractivity contribution in [3.63, 3.8) is 0 Å². The first-order chi connectivity index (χ1) is 5.00. The molecule has 1 N–H and O–H groups in total. The van der Waals surface area contributed by atoms with Crippen LogP contribution >= 0.6 is 0 Å². The van der Waals surface area contributed by atoms with Crippen LogP contribution in [0.15, 0.2) is 0 Å². The van der Waals surface area contributed by atoms with Gasteiger partial charge in [0.2, 0.25) is 0 Å². The largest absolute Gasteiger partial charge is 0.303 e. The lowest BCUT2D eigenvalue weighted by molar-refractivity contribution is -0.107. The maximum Gasteiger partial charge on any atom is 0.278 e. The molecule has 5 nitrogen and oxygen atoms in total. The number of carbonyl (C=O) groups is 1. The summed E-state index contributed by atoms with van der Waals surface area (Å²) in [6, 6.07) is 0. The first kappa shape index (κ1) is 10.5. The van der Waals surface area contributed by atoms with E-state index in [-0.39, 0.29) is 13.0 Å². The Bertz CT molecular complexity index is 210. The summed E-state index contributed by atoms with van der Waals surface area (Å²) in [4.78, 5) is 9.81. The quantitative estimate of drug-likeness (QED) is 0.434. The fourth-order valence-electron chi connectivity index (χ4n) is 0.376. The Balaban J connectivity index is 3.84. The van der Waals surface area contributed by atoms with E-state index in [0.29, 0.717) is 6.29 Å². The summed E-state index contributed by atoms with van der Waals surface area (Å²) >= 11 is 0. The molecule has 0 unspecified atom stereocenters. The van der Waals surface area contributed by atoms with Gasteiger partial charge in [-0.15, -0.1) is 0 Å². The monoisotopic (exact) mass is 180 g/mol. The summed E-state index contributed by atoms with van der Waals surface area (Å²) in [6.45, 7) is 0.157. The lowest BCUT2D eigenvalue weighted by atomic mass is 10.5. The SMILES string of the molecule is CN(C)S(=O)(=O)NCCC=O. The summed E-state index contributed by atoms with van der Waals surface area (Å²) in [6.07, 6.45) is 0.866. The third kappa shape index (κ3) is 4.07. The molecule has 11 heavy (non-hydrogen) atoms. The van der Waals surface area contributed by atoms with Gasteiger partial charge in [0.05, 0.1) is 0 Å². The topological polar surface area (TPSA) is 66.5 Å². The van der Waals surface area contributed by atoms with Crippen LogP contribution in [0, 0.1) is 0 Å². The average Bonchev–Trinajstić information content (AvgIpc) is 1.88. The van der Waals surface area contributed by atoms with Crippen LogP contribution in [0.5, 0.6) is 0 Å². The maximum atomic E-state index is 10.9. The molecule has 0 atom stereocenters. The zero-order valence-electron chi connectivity index (χ0n) is 6.57. The van der Waals surface area contributed by atoms with E-state index in [9.17, 15) is 13.2 Å². The van der Waals surface area contributed by atoms with Crippen LogP contribution < -0.4 is 4.72 Å².